The summed E-state index contributed by atoms with van der Waals surface area (Å²) in [6.07, 6.45) is 1.16. The highest BCUT2D eigenvalue weighted by atomic mass is 16.6. The minimum atomic E-state index is -0.456. The van der Waals surface area contributed by atoms with E-state index in [0.29, 0.717) is 19.6 Å². The maximum Gasteiger partial charge on any atom is 0.331 e. The number of nitrogens with one attached hydrogen (secondary N) is 1. The molecule has 20 heavy (non-hydrogen) atoms. The first-order valence-electron chi connectivity index (χ1n) is 6.00. The monoisotopic (exact) mass is 288 g/mol. The zero-order chi connectivity index (χ0) is 15.2. The number of carbonyl (C=O) groups excluding carboxylic acids is 3. The quantitative estimate of drug-likeness (QED) is 0.281. The largest absolute Gasteiger partial charge is 0.468 e. The van der Waals surface area contributed by atoms with Crippen LogP contribution in [0.1, 0.15) is 0 Å². The fraction of sp³-hybridized carbons (Fsp3) is 0.667. The van der Waals surface area contributed by atoms with Crippen molar-refractivity contribution in [3.05, 3.63) is 6.20 Å². The maximum atomic E-state index is 11.2. The highest BCUT2D eigenvalue weighted by molar-refractivity contribution is 5.71. The van der Waals surface area contributed by atoms with Gasteiger partial charge in [0.1, 0.15) is 12.5 Å². The van der Waals surface area contributed by atoms with Crippen LogP contribution in [-0.2, 0) is 28.6 Å². The Kier molecular flexibility index (Phi) is 11.0. The van der Waals surface area contributed by atoms with E-state index >= 15 is 0 Å². The zero-order valence-corrected chi connectivity index (χ0v) is 11.7. The summed E-state index contributed by atoms with van der Waals surface area (Å²) >= 11 is 0. The molecule has 0 saturated heterocycles. The van der Waals surface area contributed by atoms with E-state index in [1.165, 1.54) is 14.2 Å². The number of hydrogen-bond donors (Lipinski definition) is 1. The first-order chi connectivity index (χ1) is 9.63. The summed E-state index contributed by atoms with van der Waals surface area (Å²) in [6.45, 7) is 1.67. The Morgan fingerprint density at radius 3 is 2.50 bits per heavy atom. The number of methoxy groups -OCH3 is 2. The van der Waals surface area contributed by atoms with Crippen molar-refractivity contribution in [3.8, 4) is 0 Å². The average molecular weight is 288 g/mol. The number of esters is 2. The lowest BCUT2D eigenvalue weighted by Crippen LogP contribution is -2.37. The second kappa shape index (κ2) is 12.2. The van der Waals surface area contributed by atoms with Crippen molar-refractivity contribution < 1.29 is 28.6 Å². The number of ether oxygens (including phenoxy) is 3. The number of rotatable bonds is 11. The van der Waals surface area contributed by atoms with E-state index in [9.17, 15) is 14.4 Å². The van der Waals surface area contributed by atoms with E-state index in [4.69, 9.17) is 4.74 Å². The predicted octanol–water partition coefficient (Wildman–Crippen LogP) is -1.41. The standard InChI is InChI=1S/C12H20N2O6/c1-18-11(16)9-14(5-3-13-4-7-15)6-8-20-10-12(17)19-2/h4,13H,3,5-6,8-10H2,1-2H3. The molecule has 0 spiro atoms. The molecule has 0 bridgehead atoms. The normalized spacial score (nSPS) is 9.75. The molecule has 0 aliphatic heterocycles. The molecular weight excluding hydrogens is 268 g/mol. The summed E-state index contributed by atoms with van der Waals surface area (Å²) in [5.74, 6) is 0.765. The first-order valence-corrected chi connectivity index (χ1v) is 6.00. The van der Waals surface area contributed by atoms with Crippen LogP contribution in [0.3, 0.4) is 0 Å². The molecule has 0 saturated carbocycles. The van der Waals surface area contributed by atoms with Crippen LogP contribution in [0.25, 0.3) is 0 Å². The van der Waals surface area contributed by atoms with Gasteiger partial charge in [0, 0.05) is 19.6 Å². The fourth-order valence-corrected chi connectivity index (χ4v) is 1.26. The van der Waals surface area contributed by atoms with Gasteiger partial charge in [0.15, 0.2) is 0 Å². The van der Waals surface area contributed by atoms with Crippen molar-refractivity contribution in [2.75, 3.05) is 53.6 Å². The lowest BCUT2D eigenvalue weighted by Gasteiger charge is -2.20. The van der Waals surface area contributed by atoms with Gasteiger partial charge in [-0.1, -0.05) is 0 Å². The Hall–Kier alpha value is -1.89. The topological polar surface area (TPSA) is 94.2 Å². The van der Waals surface area contributed by atoms with Crippen molar-refractivity contribution in [2.45, 2.75) is 0 Å². The molecule has 0 aromatic rings. The number of nitrogens with zero attached hydrogens (tertiary/aromatic N) is 1. The van der Waals surface area contributed by atoms with Crippen LogP contribution in [0.2, 0.25) is 0 Å². The van der Waals surface area contributed by atoms with Gasteiger partial charge in [-0.25, -0.2) is 9.59 Å². The molecule has 1 N–H and O–H groups in total. The summed E-state index contributed by atoms with van der Waals surface area (Å²) in [7, 11) is 2.59. The third-order valence-corrected chi connectivity index (χ3v) is 2.31. The Morgan fingerprint density at radius 1 is 1.20 bits per heavy atom. The van der Waals surface area contributed by atoms with Crippen molar-refractivity contribution in [1.29, 1.82) is 0 Å². The SMILES string of the molecule is COC(=O)COCCN(CCNC=C=O)CC(=O)OC. The zero-order valence-electron chi connectivity index (χ0n) is 11.7. The van der Waals surface area contributed by atoms with Crippen molar-refractivity contribution >= 4 is 17.9 Å². The van der Waals surface area contributed by atoms with Gasteiger partial charge in [-0.15, -0.1) is 0 Å². The second-order valence-corrected chi connectivity index (χ2v) is 3.70. The Labute approximate surface area is 117 Å². The smallest absolute Gasteiger partial charge is 0.331 e. The average Bonchev–Trinajstić information content (AvgIpc) is 2.46. The van der Waals surface area contributed by atoms with Crippen molar-refractivity contribution in [3.63, 3.8) is 0 Å². The molecule has 0 amide bonds. The molecule has 8 nitrogen and oxygen atoms in total. The van der Waals surface area contributed by atoms with E-state index < -0.39 is 5.97 Å². The molecule has 0 heterocycles. The van der Waals surface area contributed by atoms with E-state index in [1.807, 2.05) is 0 Å². The molecule has 0 unspecified atom stereocenters. The molecule has 0 atom stereocenters. The summed E-state index contributed by atoms with van der Waals surface area (Å²) in [4.78, 5) is 33.8. The molecule has 0 aromatic carbocycles. The summed E-state index contributed by atoms with van der Waals surface area (Å²) in [6, 6.07) is 0. The molecule has 0 rings (SSSR count). The Bertz CT molecular complexity index is 341. The first kappa shape index (κ1) is 18.1. The van der Waals surface area contributed by atoms with Crippen LogP contribution in [0.15, 0.2) is 6.20 Å². The third kappa shape index (κ3) is 10.1. The molecule has 0 aromatic heterocycles. The molecule has 0 fully saturated rings. The Balaban J connectivity index is 3.99. The van der Waals surface area contributed by atoms with Gasteiger partial charge in [-0.05, 0) is 0 Å². The van der Waals surface area contributed by atoms with Gasteiger partial charge in [0.2, 0.25) is 0 Å². The van der Waals surface area contributed by atoms with Gasteiger partial charge >= 0.3 is 11.9 Å². The van der Waals surface area contributed by atoms with Gasteiger partial charge < -0.3 is 19.5 Å². The third-order valence-electron chi connectivity index (χ3n) is 2.31. The Morgan fingerprint density at radius 2 is 1.90 bits per heavy atom. The van der Waals surface area contributed by atoms with E-state index in [1.54, 1.807) is 10.8 Å². The van der Waals surface area contributed by atoms with Gasteiger partial charge in [0.25, 0.3) is 0 Å². The summed E-state index contributed by atoms with van der Waals surface area (Å²) in [5, 5.41) is 2.72. The van der Waals surface area contributed by atoms with Gasteiger partial charge in [0.05, 0.1) is 33.6 Å². The lowest BCUT2D eigenvalue weighted by molar-refractivity contribution is -0.147. The van der Waals surface area contributed by atoms with Crippen LogP contribution >= 0.6 is 0 Å². The molecule has 0 radical (unpaired) electrons. The highest BCUT2D eigenvalue weighted by Crippen LogP contribution is 1.91. The van der Waals surface area contributed by atoms with Crippen molar-refractivity contribution in [2.24, 2.45) is 0 Å². The molecule has 8 heteroatoms. The number of carbonyl (C=O) groups is 2. The van der Waals surface area contributed by atoms with Crippen LogP contribution in [0, 0.1) is 0 Å². The molecular formula is C12H20N2O6. The van der Waals surface area contributed by atoms with Crippen LogP contribution in [-0.4, -0.2) is 76.4 Å². The summed E-state index contributed by atoms with van der Waals surface area (Å²) < 4.78 is 14.1. The van der Waals surface area contributed by atoms with Crippen LogP contribution in [0.4, 0.5) is 0 Å². The highest BCUT2D eigenvalue weighted by Gasteiger charge is 2.10. The lowest BCUT2D eigenvalue weighted by atomic mass is 10.4. The van der Waals surface area contributed by atoms with Crippen LogP contribution in [0.5, 0.6) is 0 Å². The molecule has 0 aliphatic carbocycles. The maximum absolute atomic E-state index is 11.2. The minimum absolute atomic E-state index is 0.102. The van der Waals surface area contributed by atoms with Crippen molar-refractivity contribution in [1.82, 2.24) is 10.2 Å². The second-order valence-electron chi connectivity index (χ2n) is 3.70. The van der Waals surface area contributed by atoms with E-state index in [2.05, 4.69) is 14.8 Å². The van der Waals surface area contributed by atoms with Gasteiger partial charge in [-0.3, -0.25) is 9.69 Å². The minimum Gasteiger partial charge on any atom is -0.468 e. The van der Waals surface area contributed by atoms with E-state index in [0.717, 1.165) is 6.20 Å². The number of hydrogen-bond acceptors (Lipinski definition) is 8. The van der Waals surface area contributed by atoms with Gasteiger partial charge in [-0.2, -0.15) is 0 Å². The molecule has 0 aliphatic rings. The van der Waals surface area contributed by atoms with E-state index in [-0.39, 0.29) is 25.7 Å². The molecule has 114 valence electrons. The fourth-order valence-electron chi connectivity index (χ4n) is 1.26. The summed E-state index contributed by atoms with van der Waals surface area (Å²) in [5.41, 5.74) is 0. The van der Waals surface area contributed by atoms with Crippen LogP contribution < -0.4 is 5.32 Å². The predicted molar refractivity (Wildman–Crippen MR) is 69.6 cm³/mol.